The average Bonchev–Trinajstić information content (AvgIpc) is 2.83. The first-order valence-electron chi connectivity index (χ1n) is 5.87. The van der Waals surface area contributed by atoms with E-state index >= 15 is 0 Å². The Morgan fingerprint density at radius 3 is 2.71 bits per heavy atom. The Morgan fingerprint density at radius 2 is 2.06 bits per heavy atom. The smallest absolute Gasteiger partial charge is 0.0351 e. The van der Waals surface area contributed by atoms with E-state index in [4.69, 9.17) is 0 Å². The van der Waals surface area contributed by atoms with Gasteiger partial charge in [-0.3, -0.25) is 0 Å². The van der Waals surface area contributed by atoms with Gasteiger partial charge in [0.2, 0.25) is 0 Å². The van der Waals surface area contributed by atoms with E-state index in [9.17, 15) is 0 Å². The minimum atomic E-state index is 0.355. The lowest BCUT2D eigenvalue weighted by Crippen LogP contribution is -2.26. The van der Waals surface area contributed by atoms with Crippen molar-refractivity contribution in [1.82, 2.24) is 5.32 Å². The molecule has 2 aromatic rings. The van der Waals surface area contributed by atoms with E-state index in [2.05, 4.69) is 55.0 Å². The molecule has 2 aromatic heterocycles. The summed E-state index contributed by atoms with van der Waals surface area (Å²) in [4.78, 5) is 2.78. The lowest BCUT2D eigenvalue weighted by molar-refractivity contribution is 0.380. The van der Waals surface area contributed by atoms with Gasteiger partial charge in [-0.15, -0.1) is 22.7 Å². The molecule has 0 unspecified atom stereocenters. The molecule has 0 bridgehead atoms. The first kappa shape index (κ1) is 12.8. The van der Waals surface area contributed by atoms with Crippen LogP contribution in [0.3, 0.4) is 0 Å². The van der Waals surface area contributed by atoms with Gasteiger partial charge in [0.15, 0.2) is 0 Å². The second-order valence-corrected chi connectivity index (χ2v) is 7.39. The standard InChI is InChI=1S/C14H19NS2/c1-14(2,3)10-15-8-12-7-11(9-17-12)13-5-4-6-16-13/h4-7,9,15H,8,10H2,1-3H3. The zero-order valence-electron chi connectivity index (χ0n) is 10.6. The van der Waals surface area contributed by atoms with Crippen molar-refractivity contribution in [1.29, 1.82) is 0 Å². The van der Waals surface area contributed by atoms with Crippen LogP contribution in [0.1, 0.15) is 25.6 Å². The molecule has 0 atom stereocenters. The van der Waals surface area contributed by atoms with E-state index < -0.39 is 0 Å². The number of rotatable bonds is 4. The molecule has 0 aliphatic rings. The molecule has 1 N–H and O–H groups in total. The van der Waals surface area contributed by atoms with Crippen LogP contribution in [0.15, 0.2) is 29.0 Å². The van der Waals surface area contributed by atoms with Gasteiger partial charge in [-0.1, -0.05) is 26.8 Å². The Morgan fingerprint density at radius 1 is 1.24 bits per heavy atom. The van der Waals surface area contributed by atoms with Gasteiger partial charge in [0, 0.05) is 28.4 Å². The van der Waals surface area contributed by atoms with E-state index in [1.807, 2.05) is 11.3 Å². The van der Waals surface area contributed by atoms with Crippen molar-refractivity contribution in [3.8, 4) is 10.4 Å². The lowest BCUT2D eigenvalue weighted by Gasteiger charge is -2.18. The fourth-order valence-corrected chi connectivity index (χ4v) is 3.25. The molecule has 0 amide bonds. The van der Waals surface area contributed by atoms with Crippen molar-refractivity contribution in [2.24, 2.45) is 5.41 Å². The Kier molecular flexibility index (Phi) is 4.02. The van der Waals surface area contributed by atoms with Gasteiger partial charge < -0.3 is 5.32 Å². The molecule has 1 nitrogen and oxygen atoms in total. The second kappa shape index (κ2) is 5.34. The molecule has 0 spiro atoms. The quantitative estimate of drug-likeness (QED) is 0.851. The zero-order valence-corrected chi connectivity index (χ0v) is 12.3. The molecule has 92 valence electrons. The van der Waals surface area contributed by atoms with Crippen molar-refractivity contribution >= 4 is 22.7 Å². The summed E-state index contributed by atoms with van der Waals surface area (Å²) < 4.78 is 0. The molecule has 0 radical (unpaired) electrons. The third kappa shape index (κ3) is 3.95. The van der Waals surface area contributed by atoms with Gasteiger partial charge in [-0.25, -0.2) is 0 Å². The fourth-order valence-electron chi connectivity index (χ4n) is 1.61. The number of nitrogens with one attached hydrogen (secondary N) is 1. The number of hydrogen-bond donors (Lipinski definition) is 1. The van der Waals surface area contributed by atoms with E-state index in [1.54, 1.807) is 11.3 Å². The molecular weight excluding hydrogens is 246 g/mol. The topological polar surface area (TPSA) is 12.0 Å². The molecule has 3 heteroatoms. The van der Waals surface area contributed by atoms with Crippen molar-refractivity contribution in [3.63, 3.8) is 0 Å². The molecule has 17 heavy (non-hydrogen) atoms. The molecule has 2 rings (SSSR count). The first-order valence-corrected chi connectivity index (χ1v) is 7.62. The summed E-state index contributed by atoms with van der Waals surface area (Å²) in [5.41, 5.74) is 1.71. The first-order chi connectivity index (χ1) is 8.04. The Hall–Kier alpha value is -0.640. The predicted molar refractivity (Wildman–Crippen MR) is 78.8 cm³/mol. The highest BCUT2D eigenvalue weighted by Crippen LogP contribution is 2.29. The van der Waals surface area contributed by atoms with E-state index in [0.717, 1.165) is 13.1 Å². The normalized spacial score (nSPS) is 11.9. The van der Waals surface area contributed by atoms with Crippen LogP contribution in [0, 0.1) is 5.41 Å². The third-order valence-corrected chi connectivity index (χ3v) is 4.27. The van der Waals surface area contributed by atoms with Crippen LogP contribution in [-0.2, 0) is 6.54 Å². The maximum Gasteiger partial charge on any atom is 0.0351 e. The summed E-state index contributed by atoms with van der Waals surface area (Å²) in [6.07, 6.45) is 0. The zero-order chi connectivity index (χ0) is 12.3. The van der Waals surface area contributed by atoms with Crippen LogP contribution < -0.4 is 5.32 Å². The summed E-state index contributed by atoms with van der Waals surface area (Å²) in [7, 11) is 0. The molecule has 0 fully saturated rings. The third-order valence-electron chi connectivity index (χ3n) is 2.41. The molecular formula is C14H19NS2. The maximum atomic E-state index is 3.51. The monoisotopic (exact) mass is 265 g/mol. The number of thiophene rings is 2. The summed E-state index contributed by atoms with van der Waals surface area (Å²) in [5.74, 6) is 0. The van der Waals surface area contributed by atoms with Crippen LogP contribution in [0.2, 0.25) is 0 Å². The van der Waals surface area contributed by atoms with Gasteiger partial charge in [-0.05, 0) is 28.3 Å². The number of hydrogen-bond acceptors (Lipinski definition) is 3. The Labute approximate surface area is 112 Å². The van der Waals surface area contributed by atoms with Crippen LogP contribution in [0.25, 0.3) is 10.4 Å². The average molecular weight is 265 g/mol. The minimum Gasteiger partial charge on any atom is -0.311 e. The second-order valence-electron chi connectivity index (χ2n) is 5.44. The minimum absolute atomic E-state index is 0.355. The van der Waals surface area contributed by atoms with E-state index in [-0.39, 0.29) is 0 Å². The maximum absolute atomic E-state index is 3.51. The largest absolute Gasteiger partial charge is 0.311 e. The van der Waals surface area contributed by atoms with E-state index in [1.165, 1.54) is 15.3 Å². The summed E-state index contributed by atoms with van der Waals surface area (Å²) in [6.45, 7) is 8.80. The Bertz CT molecular complexity index is 449. The molecule has 0 saturated carbocycles. The summed E-state index contributed by atoms with van der Waals surface area (Å²) in [6, 6.07) is 6.58. The molecule has 0 aliphatic heterocycles. The molecule has 0 aliphatic carbocycles. The van der Waals surface area contributed by atoms with Crippen LogP contribution in [-0.4, -0.2) is 6.54 Å². The van der Waals surface area contributed by atoms with Gasteiger partial charge in [-0.2, -0.15) is 0 Å². The van der Waals surface area contributed by atoms with Gasteiger partial charge in [0.1, 0.15) is 0 Å². The molecule has 0 aromatic carbocycles. The Balaban J connectivity index is 1.91. The predicted octanol–water partition coefficient (Wildman–Crippen LogP) is 4.61. The molecule has 2 heterocycles. The van der Waals surface area contributed by atoms with Crippen molar-refractivity contribution in [2.45, 2.75) is 27.3 Å². The van der Waals surface area contributed by atoms with Crippen LogP contribution in [0.4, 0.5) is 0 Å². The van der Waals surface area contributed by atoms with Gasteiger partial charge >= 0.3 is 0 Å². The van der Waals surface area contributed by atoms with Gasteiger partial charge in [0.25, 0.3) is 0 Å². The highest BCUT2D eigenvalue weighted by atomic mass is 32.1. The lowest BCUT2D eigenvalue weighted by atomic mass is 9.97. The van der Waals surface area contributed by atoms with Gasteiger partial charge in [0.05, 0.1) is 0 Å². The summed E-state index contributed by atoms with van der Waals surface area (Å²) >= 11 is 3.65. The summed E-state index contributed by atoms with van der Waals surface area (Å²) in [5, 5.41) is 7.89. The van der Waals surface area contributed by atoms with Crippen LogP contribution >= 0.6 is 22.7 Å². The SMILES string of the molecule is CC(C)(C)CNCc1cc(-c2cccs2)cs1. The van der Waals surface area contributed by atoms with E-state index in [0.29, 0.717) is 5.41 Å². The van der Waals surface area contributed by atoms with Crippen molar-refractivity contribution < 1.29 is 0 Å². The van der Waals surface area contributed by atoms with Crippen molar-refractivity contribution in [2.75, 3.05) is 6.54 Å². The fraction of sp³-hybridized carbons (Fsp3) is 0.429. The highest BCUT2D eigenvalue weighted by Gasteiger charge is 2.09. The highest BCUT2D eigenvalue weighted by molar-refractivity contribution is 7.14. The molecule has 0 saturated heterocycles. The van der Waals surface area contributed by atoms with Crippen LogP contribution in [0.5, 0.6) is 0 Å². The van der Waals surface area contributed by atoms with Crippen molar-refractivity contribution in [3.05, 3.63) is 33.8 Å².